The van der Waals surface area contributed by atoms with Crippen LogP contribution < -0.4 is 21.7 Å². The molecule has 0 saturated carbocycles. The normalized spacial score (nSPS) is 11.3. The molecule has 30 heavy (non-hydrogen) atoms. The van der Waals surface area contributed by atoms with Crippen LogP contribution in [0, 0.1) is 5.92 Å². The van der Waals surface area contributed by atoms with Crippen molar-refractivity contribution in [1.29, 1.82) is 0 Å². The molecular weight excluding hydrogens is 388 g/mol. The maximum Gasteiger partial charge on any atom is 0.329 e. The maximum atomic E-state index is 12.4. The van der Waals surface area contributed by atoms with Crippen molar-refractivity contribution in [2.75, 3.05) is 17.2 Å². The minimum absolute atomic E-state index is 0.261. The van der Waals surface area contributed by atoms with Gasteiger partial charge in [-0.3, -0.25) is 9.59 Å². The molecule has 0 aromatic heterocycles. The Labute approximate surface area is 174 Å². The van der Waals surface area contributed by atoms with Crippen LogP contribution in [0.1, 0.15) is 24.2 Å². The fourth-order valence-electron chi connectivity index (χ4n) is 2.47. The first-order valence-corrected chi connectivity index (χ1v) is 9.25. The Kier molecular flexibility index (Phi) is 7.92. The molecule has 2 aromatic carbocycles. The Morgan fingerprint density at radius 3 is 2.07 bits per heavy atom. The smallest absolute Gasteiger partial charge is 0.329 e. The van der Waals surface area contributed by atoms with E-state index < -0.39 is 36.5 Å². The van der Waals surface area contributed by atoms with E-state index in [1.54, 1.807) is 38.1 Å². The molecule has 0 bridgehead atoms. The minimum Gasteiger partial charge on any atom is -0.454 e. The van der Waals surface area contributed by atoms with E-state index in [0.717, 1.165) is 0 Å². The topological polar surface area (TPSA) is 140 Å². The lowest BCUT2D eigenvalue weighted by Gasteiger charge is -2.21. The summed E-state index contributed by atoms with van der Waals surface area (Å²) in [6.45, 7) is 2.96. The molecule has 9 nitrogen and oxygen atoms in total. The van der Waals surface area contributed by atoms with E-state index >= 15 is 0 Å². The third kappa shape index (κ3) is 6.93. The van der Waals surface area contributed by atoms with Crippen LogP contribution in [0.25, 0.3) is 0 Å². The maximum absolute atomic E-state index is 12.4. The number of amides is 4. The quantitative estimate of drug-likeness (QED) is 0.492. The molecule has 4 amide bonds. The Hall–Kier alpha value is -3.88. The van der Waals surface area contributed by atoms with Crippen molar-refractivity contribution < 1.29 is 23.9 Å². The van der Waals surface area contributed by atoms with Gasteiger partial charge in [0.1, 0.15) is 6.04 Å². The molecule has 0 radical (unpaired) electrons. The van der Waals surface area contributed by atoms with Gasteiger partial charge in [0.15, 0.2) is 6.61 Å². The first-order valence-electron chi connectivity index (χ1n) is 9.25. The summed E-state index contributed by atoms with van der Waals surface area (Å²) in [7, 11) is 0. The summed E-state index contributed by atoms with van der Waals surface area (Å²) in [5.41, 5.74) is 6.46. The van der Waals surface area contributed by atoms with Crippen LogP contribution in [-0.4, -0.2) is 36.5 Å². The second-order valence-corrected chi connectivity index (χ2v) is 6.78. The number of primary amides is 1. The number of hydrogen-bond acceptors (Lipinski definition) is 5. The van der Waals surface area contributed by atoms with Crippen LogP contribution in [0.5, 0.6) is 0 Å². The SMILES string of the molecule is CC(C)[C@@H](NC(=O)Nc1ccccc1)C(=O)OCC(=O)Nc1ccc(C(N)=O)cc1. The van der Waals surface area contributed by atoms with Gasteiger partial charge in [0.05, 0.1) is 0 Å². The number of para-hydroxylation sites is 1. The van der Waals surface area contributed by atoms with Gasteiger partial charge >= 0.3 is 12.0 Å². The van der Waals surface area contributed by atoms with Gasteiger partial charge in [-0.2, -0.15) is 0 Å². The summed E-state index contributed by atoms with van der Waals surface area (Å²) in [5, 5.41) is 7.71. The Balaban J connectivity index is 1.85. The van der Waals surface area contributed by atoms with Gasteiger partial charge in [0, 0.05) is 16.9 Å². The molecule has 0 unspecified atom stereocenters. The lowest BCUT2D eigenvalue weighted by atomic mass is 10.1. The average molecular weight is 412 g/mol. The number of anilines is 2. The van der Waals surface area contributed by atoms with Crippen molar-refractivity contribution in [3.63, 3.8) is 0 Å². The highest BCUT2D eigenvalue weighted by molar-refractivity contribution is 5.96. The number of esters is 1. The molecule has 9 heteroatoms. The highest BCUT2D eigenvalue weighted by Gasteiger charge is 2.26. The van der Waals surface area contributed by atoms with Crippen LogP contribution >= 0.6 is 0 Å². The molecular formula is C21H24N4O5. The number of carbonyl (C=O) groups is 4. The third-order valence-corrected chi connectivity index (χ3v) is 4.04. The first-order chi connectivity index (χ1) is 14.3. The molecule has 0 spiro atoms. The van der Waals surface area contributed by atoms with E-state index in [1.165, 1.54) is 24.3 Å². The van der Waals surface area contributed by atoms with Crippen molar-refractivity contribution in [2.45, 2.75) is 19.9 Å². The number of ether oxygens (including phenoxy) is 1. The van der Waals surface area contributed by atoms with E-state index in [0.29, 0.717) is 16.9 Å². The van der Waals surface area contributed by atoms with Gasteiger partial charge in [-0.05, 0) is 42.3 Å². The minimum atomic E-state index is -0.934. The lowest BCUT2D eigenvalue weighted by molar-refractivity contribution is -0.150. The van der Waals surface area contributed by atoms with Crippen molar-refractivity contribution in [3.8, 4) is 0 Å². The monoisotopic (exact) mass is 412 g/mol. The highest BCUT2D eigenvalue weighted by Crippen LogP contribution is 2.10. The lowest BCUT2D eigenvalue weighted by Crippen LogP contribution is -2.47. The molecule has 0 aliphatic rings. The molecule has 0 saturated heterocycles. The number of rotatable bonds is 8. The van der Waals surface area contributed by atoms with Crippen molar-refractivity contribution in [1.82, 2.24) is 5.32 Å². The summed E-state index contributed by atoms with van der Waals surface area (Å²) in [6, 6.07) is 13.2. The van der Waals surface area contributed by atoms with Crippen LogP contribution in [0.3, 0.4) is 0 Å². The highest BCUT2D eigenvalue weighted by atomic mass is 16.5. The largest absolute Gasteiger partial charge is 0.454 e. The van der Waals surface area contributed by atoms with Crippen molar-refractivity contribution in [2.24, 2.45) is 11.7 Å². The van der Waals surface area contributed by atoms with E-state index in [1.807, 2.05) is 6.07 Å². The van der Waals surface area contributed by atoms with Gasteiger partial charge in [-0.25, -0.2) is 9.59 Å². The number of hydrogen-bond donors (Lipinski definition) is 4. The Morgan fingerprint density at radius 1 is 0.900 bits per heavy atom. The zero-order valence-corrected chi connectivity index (χ0v) is 16.7. The van der Waals surface area contributed by atoms with Crippen molar-refractivity contribution in [3.05, 3.63) is 60.2 Å². The number of benzene rings is 2. The van der Waals surface area contributed by atoms with Crippen LogP contribution in [0.4, 0.5) is 16.2 Å². The zero-order valence-electron chi connectivity index (χ0n) is 16.7. The van der Waals surface area contributed by atoms with Gasteiger partial charge in [-0.15, -0.1) is 0 Å². The van der Waals surface area contributed by atoms with Gasteiger partial charge in [0.2, 0.25) is 5.91 Å². The standard InChI is InChI=1S/C21H24N4O5/c1-13(2)18(25-21(29)24-15-6-4-3-5-7-15)20(28)30-12-17(26)23-16-10-8-14(9-11-16)19(22)27/h3-11,13,18H,12H2,1-2H3,(H2,22,27)(H,23,26)(H2,24,25,29)/t18-/m1/s1. The van der Waals surface area contributed by atoms with Gasteiger partial charge in [-0.1, -0.05) is 32.0 Å². The Bertz CT molecular complexity index is 897. The summed E-state index contributed by atoms with van der Waals surface area (Å²) >= 11 is 0. The molecule has 5 N–H and O–H groups in total. The molecule has 1 atom stereocenters. The number of nitrogens with one attached hydrogen (secondary N) is 3. The molecule has 0 aliphatic carbocycles. The number of nitrogens with two attached hydrogens (primary N) is 1. The van der Waals surface area contributed by atoms with E-state index in [-0.39, 0.29) is 5.92 Å². The number of carbonyl (C=O) groups excluding carboxylic acids is 4. The summed E-state index contributed by atoms with van der Waals surface area (Å²) in [4.78, 5) is 47.6. The predicted molar refractivity (Wildman–Crippen MR) is 112 cm³/mol. The Morgan fingerprint density at radius 2 is 1.50 bits per heavy atom. The summed E-state index contributed by atoms with van der Waals surface area (Å²) in [6.07, 6.45) is 0. The number of urea groups is 1. The summed E-state index contributed by atoms with van der Waals surface area (Å²) in [5.74, 6) is -2.13. The van der Waals surface area contributed by atoms with Crippen LogP contribution in [-0.2, 0) is 14.3 Å². The van der Waals surface area contributed by atoms with Crippen LogP contribution in [0.15, 0.2) is 54.6 Å². The van der Waals surface area contributed by atoms with Gasteiger partial charge < -0.3 is 26.4 Å². The second-order valence-electron chi connectivity index (χ2n) is 6.78. The van der Waals surface area contributed by atoms with Crippen molar-refractivity contribution >= 4 is 35.2 Å². The first kappa shape index (κ1) is 22.4. The molecule has 2 rings (SSSR count). The molecule has 0 heterocycles. The zero-order chi connectivity index (χ0) is 22.1. The second kappa shape index (κ2) is 10.6. The van der Waals surface area contributed by atoms with E-state index in [2.05, 4.69) is 16.0 Å². The molecule has 0 fully saturated rings. The molecule has 158 valence electrons. The fraction of sp³-hybridized carbons (Fsp3) is 0.238. The molecule has 2 aromatic rings. The average Bonchev–Trinajstić information content (AvgIpc) is 2.71. The van der Waals surface area contributed by atoms with Crippen LogP contribution in [0.2, 0.25) is 0 Å². The van der Waals surface area contributed by atoms with Gasteiger partial charge in [0.25, 0.3) is 5.91 Å². The molecule has 0 aliphatic heterocycles. The predicted octanol–water partition coefficient (Wildman–Crippen LogP) is 2.11. The van der Waals surface area contributed by atoms with E-state index in [4.69, 9.17) is 10.5 Å². The summed E-state index contributed by atoms with van der Waals surface area (Å²) < 4.78 is 5.04. The fourth-order valence-corrected chi connectivity index (χ4v) is 2.47. The van der Waals surface area contributed by atoms with E-state index in [9.17, 15) is 19.2 Å². The third-order valence-electron chi connectivity index (χ3n) is 4.04.